The van der Waals surface area contributed by atoms with Gasteiger partial charge in [0.25, 0.3) is 0 Å². The molecular weight excluding hydrogens is 242 g/mol. The van der Waals surface area contributed by atoms with Crippen LogP contribution in [0.25, 0.3) is 11.1 Å². The molecule has 0 radical (unpaired) electrons. The van der Waals surface area contributed by atoms with Crippen LogP contribution >= 0.6 is 0 Å². The van der Waals surface area contributed by atoms with E-state index >= 15 is 0 Å². The number of aryl methyl sites for hydroxylation is 1. The first-order valence-electron chi connectivity index (χ1n) is 6.49. The summed E-state index contributed by atoms with van der Waals surface area (Å²) in [5.41, 5.74) is 2.22. The Morgan fingerprint density at radius 3 is 3.00 bits per heavy atom. The van der Waals surface area contributed by atoms with Gasteiger partial charge in [0, 0.05) is 18.7 Å². The minimum Gasteiger partial charge on any atom is -0.441 e. The van der Waals surface area contributed by atoms with Crippen molar-refractivity contribution in [1.29, 1.82) is 0 Å². The molecule has 0 spiro atoms. The van der Waals surface area contributed by atoms with Crippen molar-refractivity contribution >= 4 is 22.7 Å². The Kier molecular flexibility index (Phi) is 4.16. The molecule has 1 atom stereocenters. The smallest absolute Gasteiger partial charge is 0.238 e. The predicted molar refractivity (Wildman–Crippen MR) is 75.1 cm³/mol. The van der Waals surface area contributed by atoms with Gasteiger partial charge < -0.3 is 15.1 Å². The van der Waals surface area contributed by atoms with Crippen LogP contribution in [0.4, 0.5) is 5.69 Å². The summed E-state index contributed by atoms with van der Waals surface area (Å²) in [7, 11) is 0. The van der Waals surface area contributed by atoms with Gasteiger partial charge in [0.15, 0.2) is 11.5 Å². The van der Waals surface area contributed by atoms with Crippen molar-refractivity contribution in [3.8, 4) is 0 Å². The number of oxazole rings is 1. The lowest BCUT2D eigenvalue weighted by atomic mass is 10.2. The van der Waals surface area contributed by atoms with Crippen LogP contribution in [0.5, 0.6) is 0 Å². The fourth-order valence-corrected chi connectivity index (χ4v) is 1.74. The first kappa shape index (κ1) is 13.5. The third-order valence-electron chi connectivity index (χ3n) is 3.00. The summed E-state index contributed by atoms with van der Waals surface area (Å²) in [5.74, 6) is 0.566. The number of carbonyl (C=O) groups is 1. The van der Waals surface area contributed by atoms with Crippen molar-refractivity contribution in [1.82, 2.24) is 10.3 Å². The van der Waals surface area contributed by atoms with E-state index in [9.17, 15) is 4.79 Å². The number of carbonyl (C=O) groups excluding carboxylic acids is 1. The number of nitrogens with one attached hydrogen (secondary N) is 2. The molecule has 5 nitrogen and oxygen atoms in total. The highest BCUT2D eigenvalue weighted by atomic mass is 16.3. The molecule has 1 aromatic heterocycles. The number of amides is 1. The lowest BCUT2D eigenvalue weighted by Crippen LogP contribution is -2.33. The average molecular weight is 261 g/mol. The Labute approximate surface area is 112 Å². The van der Waals surface area contributed by atoms with E-state index in [0.29, 0.717) is 18.5 Å². The maximum atomic E-state index is 11.8. The van der Waals surface area contributed by atoms with E-state index in [1.165, 1.54) is 0 Å². The number of hydrogen-bond acceptors (Lipinski definition) is 4. The molecule has 2 aromatic rings. The van der Waals surface area contributed by atoms with E-state index in [2.05, 4.69) is 29.5 Å². The van der Waals surface area contributed by atoms with Crippen molar-refractivity contribution in [2.24, 2.45) is 0 Å². The number of anilines is 1. The van der Waals surface area contributed by atoms with E-state index in [1.54, 1.807) is 6.92 Å². The first-order chi connectivity index (χ1) is 9.08. The minimum atomic E-state index is -0.0557. The lowest BCUT2D eigenvalue weighted by molar-refractivity contribution is -0.115. The Balaban J connectivity index is 1.98. The van der Waals surface area contributed by atoms with Gasteiger partial charge in [-0.1, -0.05) is 6.92 Å². The van der Waals surface area contributed by atoms with Gasteiger partial charge in [0.05, 0.1) is 6.54 Å². The number of benzene rings is 1. The van der Waals surface area contributed by atoms with Crippen LogP contribution in [-0.2, 0) is 4.79 Å². The molecule has 0 fully saturated rings. The maximum Gasteiger partial charge on any atom is 0.238 e. The molecule has 0 bridgehead atoms. The Morgan fingerprint density at radius 1 is 1.47 bits per heavy atom. The Morgan fingerprint density at radius 2 is 2.26 bits per heavy atom. The number of nitrogens with zero attached hydrogens (tertiary/aromatic N) is 1. The summed E-state index contributed by atoms with van der Waals surface area (Å²) >= 11 is 0. The van der Waals surface area contributed by atoms with Crippen LogP contribution in [0.2, 0.25) is 0 Å². The Bertz CT molecular complexity index is 577. The van der Waals surface area contributed by atoms with Gasteiger partial charge in [-0.05, 0) is 31.5 Å². The number of rotatable bonds is 5. The normalized spacial score (nSPS) is 12.6. The van der Waals surface area contributed by atoms with Crippen LogP contribution in [0.3, 0.4) is 0 Å². The molecule has 2 N–H and O–H groups in total. The third-order valence-corrected chi connectivity index (χ3v) is 3.00. The van der Waals surface area contributed by atoms with E-state index in [4.69, 9.17) is 4.42 Å². The van der Waals surface area contributed by atoms with Crippen molar-refractivity contribution < 1.29 is 9.21 Å². The molecular formula is C14H19N3O2. The van der Waals surface area contributed by atoms with E-state index < -0.39 is 0 Å². The predicted octanol–water partition coefficient (Wildman–Crippen LogP) is 2.46. The fourth-order valence-electron chi connectivity index (χ4n) is 1.74. The van der Waals surface area contributed by atoms with Gasteiger partial charge in [0.1, 0.15) is 5.52 Å². The highest BCUT2D eigenvalue weighted by Crippen LogP contribution is 2.19. The summed E-state index contributed by atoms with van der Waals surface area (Å²) in [6, 6.07) is 5.78. The maximum absolute atomic E-state index is 11.8. The zero-order chi connectivity index (χ0) is 13.8. The quantitative estimate of drug-likeness (QED) is 0.867. The topological polar surface area (TPSA) is 67.2 Å². The van der Waals surface area contributed by atoms with Gasteiger partial charge in [-0.15, -0.1) is 0 Å². The van der Waals surface area contributed by atoms with E-state index in [0.717, 1.165) is 23.2 Å². The SMILES string of the molecule is CCC(C)NCC(=O)Nc1ccc2oc(C)nc2c1. The number of hydrogen-bond donors (Lipinski definition) is 2. The number of fused-ring (bicyclic) bond motifs is 1. The third kappa shape index (κ3) is 3.54. The molecule has 0 saturated heterocycles. The largest absolute Gasteiger partial charge is 0.441 e. The van der Waals surface area contributed by atoms with Crippen molar-refractivity contribution in [3.63, 3.8) is 0 Å². The molecule has 102 valence electrons. The molecule has 0 aliphatic carbocycles. The lowest BCUT2D eigenvalue weighted by Gasteiger charge is -2.11. The Hall–Kier alpha value is -1.88. The monoisotopic (exact) mass is 261 g/mol. The highest BCUT2D eigenvalue weighted by Gasteiger charge is 2.07. The second-order valence-electron chi connectivity index (χ2n) is 4.65. The highest BCUT2D eigenvalue weighted by molar-refractivity contribution is 5.94. The summed E-state index contributed by atoms with van der Waals surface area (Å²) in [4.78, 5) is 16.0. The van der Waals surface area contributed by atoms with Gasteiger partial charge in [-0.2, -0.15) is 0 Å². The van der Waals surface area contributed by atoms with E-state index in [-0.39, 0.29) is 5.91 Å². The molecule has 0 aliphatic heterocycles. The molecule has 0 aliphatic rings. The number of aromatic nitrogens is 1. The van der Waals surface area contributed by atoms with Crippen molar-refractivity contribution in [2.45, 2.75) is 33.2 Å². The van der Waals surface area contributed by atoms with Crippen LogP contribution in [0.1, 0.15) is 26.2 Å². The average Bonchev–Trinajstić information content (AvgIpc) is 2.75. The standard InChI is InChI=1S/C14H19N3O2/c1-4-9(2)15-8-14(18)17-11-5-6-13-12(7-11)16-10(3)19-13/h5-7,9,15H,4,8H2,1-3H3,(H,17,18). The second kappa shape index (κ2) is 5.84. The first-order valence-corrected chi connectivity index (χ1v) is 6.49. The van der Waals surface area contributed by atoms with Crippen LogP contribution in [-0.4, -0.2) is 23.5 Å². The molecule has 19 heavy (non-hydrogen) atoms. The van der Waals surface area contributed by atoms with Gasteiger partial charge in [0.2, 0.25) is 5.91 Å². The van der Waals surface area contributed by atoms with Gasteiger partial charge >= 0.3 is 0 Å². The summed E-state index contributed by atoms with van der Waals surface area (Å²) < 4.78 is 5.39. The molecule has 1 unspecified atom stereocenters. The molecule has 5 heteroatoms. The minimum absolute atomic E-state index is 0.0557. The molecule has 2 rings (SSSR count). The summed E-state index contributed by atoms with van der Waals surface area (Å²) in [6.07, 6.45) is 0.997. The fraction of sp³-hybridized carbons (Fsp3) is 0.429. The molecule has 1 aromatic carbocycles. The van der Waals surface area contributed by atoms with Crippen molar-refractivity contribution in [2.75, 3.05) is 11.9 Å². The van der Waals surface area contributed by atoms with Gasteiger partial charge in [-0.3, -0.25) is 4.79 Å². The van der Waals surface area contributed by atoms with Crippen LogP contribution < -0.4 is 10.6 Å². The molecule has 0 saturated carbocycles. The zero-order valence-electron chi connectivity index (χ0n) is 11.5. The van der Waals surface area contributed by atoms with E-state index in [1.807, 2.05) is 18.2 Å². The van der Waals surface area contributed by atoms with Gasteiger partial charge in [-0.25, -0.2) is 4.98 Å². The zero-order valence-corrected chi connectivity index (χ0v) is 11.5. The van der Waals surface area contributed by atoms with Crippen LogP contribution in [0.15, 0.2) is 22.6 Å². The molecule has 1 heterocycles. The van der Waals surface area contributed by atoms with Crippen molar-refractivity contribution in [3.05, 3.63) is 24.1 Å². The summed E-state index contributed by atoms with van der Waals surface area (Å²) in [6.45, 7) is 6.24. The van der Waals surface area contributed by atoms with Crippen LogP contribution in [0, 0.1) is 6.92 Å². The summed E-state index contributed by atoms with van der Waals surface area (Å²) in [5, 5.41) is 5.99. The second-order valence-corrected chi connectivity index (χ2v) is 4.65. The molecule has 1 amide bonds.